The third-order valence-electron chi connectivity index (χ3n) is 7.38. The molecular formula is C33H37N5O5. The van der Waals surface area contributed by atoms with Crippen LogP contribution in [0, 0.1) is 6.92 Å². The number of rotatable bonds is 10. The molecule has 0 unspecified atom stereocenters. The number of carbonyl (C=O) groups is 1. The molecule has 0 saturated carbocycles. The number of piperidine rings is 1. The van der Waals surface area contributed by atoms with Crippen molar-refractivity contribution in [3.8, 4) is 17.2 Å². The van der Waals surface area contributed by atoms with Crippen molar-refractivity contribution in [1.82, 2.24) is 19.9 Å². The van der Waals surface area contributed by atoms with Crippen molar-refractivity contribution in [3.05, 3.63) is 84.5 Å². The number of benzene rings is 2. The van der Waals surface area contributed by atoms with Crippen LogP contribution in [0.5, 0.6) is 17.2 Å². The molecule has 0 spiro atoms. The van der Waals surface area contributed by atoms with E-state index in [-0.39, 0.29) is 12.0 Å². The molecule has 0 radical (unpaired) electrons. The molecule has 1 saturated heterocycles. The molecule has 43 heavy (non-hydrogen) atoms. The van der Waals surface area contributed by atoms with Gasteiger partial charge in [-0.15, -0.1) is 0 Å². The van der Waals surface area contributed by atoms with Gasteiger partial charge in [-0.3, -0.25) is 9.78 Å². The molecule has 10 nitrogen and oxygen atoms in total. The molecule has 2 aromatic heterocycles. The summed E-state index contributed by atoms with van der Waals surface area (Å²) in [5.41, 5.74) is 2.55. The maximum absolute atomic E-state index is 12.0. The van der Waals surface area contributed by atoms with E-state index in [9.17, 15) is 9.90 Å². The van der Waals surface area contributed by atoms with E-state index in [0.29, 0.717) is 72.4 Å². The summed E-state index contributed by atoms with van der Waals surface area (Å²) in [5, 5.41) is 15.2. The first-order valence-electron chi connectivity index (χ1n) is 14.2. The average molecular weight is 584 g/mol. The summed E-state index contributed by atoms with van der Waals surface area (Å²) in [7, 11) is 1.59. The van der Waals surface area contributed by atoms with Gasteiger partial charge in [-0.25, -0.2) is 9.97 Å². The van der Waals surface area contributed by atoms with E-state index in [1.54, 1.807) is 25.9 Å². The predicted octanol–water partition coefficient (Wildman–Crippen LogP) is 5.45. The molecule has 1 aliphatic rings. The molecule has 3 heterocycles. The smallest absolute Gasteiger partial charge is 0.245 e. The Balaban J connectivity index is 1.40. The Morgan fingerprint density at radius 2 is 1.93 bits per heavy atom. The molecule has 5 rings (SSSR count). The van der Waals surface area contributed by atoms with Crippen LogP contribution >= 0.6 is 0 Å². The number of aromatic nitrogens is 3. The lowest BCUT2D eigenvalue weighted by molar-refractivity contribution is -0.127. The number of carbonyl (C=O) groups excluding carboxylic acids is 1. The summed E-state index contributed by atoms with van der Waals surface area (Å²) in [6, 6.07) is 15.0. The molecule has 0 aliphatic carbocycles. The van der Waals surface area contributed by atoms with Crippen LogP contribution in [0.25, 0.3) is 10.9 Å². The van der Waals surface area contributed by atoms with Gasteiger partial charge >= 0.3 is 0 Å². The van der Waals surface area contributed by atoms with E-state index in [0.717, 1.165) is 16.8 Å². The molecule has 10 heteroatoms. The molecule has 224 valence electrons. The zero-order valence-electron chi connectivity index (χ0n) is 25.0. The van der Waals surface area contributed by atoms with E-state index < -0.39 is 5.60 Å². The number of ether oxygens (including phenoxy) is 3. The zero-order valence-corrected chi connectivity index (χ0v) is 25.0. The van der Waals surface area contributed by atoms with E-state index >= 15 is 0 Å². The Morgan fingerprint density at radius 3 is 2.63 bits per heavy atom. The number of fused-ring (bicyclic) bond motifs is 1. The highest BCUT2D eigenvalue weighted by molar-refractivity contribution is 5.93. The van der Waals surface area contributed by atoms with Gasteiger partial charge in [0, 0.05) is 54.3 Å². The monoisotopic (exact) mass is 583 g/mol. The number of pyridine rings is 1. The summed E-state index contributed by atoms with van der Waals surface area (Å²) in [6.45, 7) is 10.5. The molecular weight excluding hydrogens is 546 g/mol. The van der Waals surface area contributed by atoms with Gasteiger partial charge in [0.1, 0.15) is 30.6 Å². The standard InChI is InChI=1S/C33H37N5O5/c1-6-31(39)38-14-12-23(13-15-38)43-30-17-25-28(18-29(30)41-5)34-20-35-32(25)37-27-11-10-24(16-26(27)33(3,4)40)42-19-22-9-7-8-21(2)36-22/h6-11,16-18,20,23,40H,1,12-15,19H2,2-5H3,(H,34,35,37). The van der Waals surface area contributed by atoms with E-state index in [1.807, 2.05) is 55.5 Å². The Kier molecular flexibility index (Phi) is 8.77. The number of amides is 1. The average Bonchev–Trinajstić information content (AvgIpc) is 3.00. The number of methoxy groups -OCH3 is 1. The highest BCUT2D eigenvalue weighted by Gasteiger charge is 2.25. The van der Waals surface area contributed by atoms with Crippen molar-refractivity contribution in [2.24, 2.45) is 0 Å². The SMILES string of the molecule is C=CC(=O)N1CCC(Oc2cc3c(Nc4ccc(OCc5cccc(C)n5)cc4C(C)(C)O)ncnc3cc2OC)CC1. The lowest BCUT2D eigenvalue weighted by atomic mass is 9.96. The number of aryl methyl sites for hydroxylation is 1. The minimum Gasteiger partial charge on any atom is -0.493 e. The fraction of sp³-hybridized carbons (Fsp3) is 0.333. The number of anilines is 2. The van der Waals surface area contributed by atoms with Gasteiger partial charge in [0.15, 0.2) is 11.5 Å². The largest absolute Gasteiger partial charge is 0.493 e. The van der Waals surface area contributed by atoms with Crippen LogP contribution in [0.2, 0.25) is 0 Å². The second-order valence-electron chi connectivity index (χ2n) is 11.0. The number of nitrogens with zero attached hydrogens (tertiary/aromatic N) is 4. The van der Waals surface area contributed by atoms with Crippen molar-refractivity contribution in [3.63, 3.8) is 0 Å². The van der Waals surface area contributed by atoms with Gasteiger partial charge in [0.2, 0.25) is 5.91 Å². The Labute approximate surface area is 251 Å². The summed E-state index contributed by atoms with van der Waals surface area (Å²) in [4.78, 5) is 27.2. The minimum absolute atomic E-state index is 0.0668. The second-order valence-corrected chi connectivity index (χ2v) is 11.0. The maximum Gasteiger partial charge on any atom is 0.245 e. The molecule has 1 aliphatic heterocycles. The first-order valence-corrected chi connectivity index (χ1v) is 14.2. The minimum atomic E-state index is -1.18. The maximum atomic E-state index is 12.0. The number of hydrogen-bond donors (Lipinski definition) is 2. The van der Waals surface area contributed by atoms with Crippen molar-refractivity contribution in [2.45, 2.75) is 51.9 Å². The molecule has 0 atom stereocenters. The first-order chi connectivity index (χ1) is 20.6. The van der Waals surface area contributed by atoms with Gasteiger partial charge in [-0.05, 0) is 63.2 Å². The number of aliphatic hydroxyl groups is 1. The van der Waals surface area contributed by atoms with Crippen LogP contribution in [-0.2, 0) is 17.0 Å². The van der Waals surface area contributed by atoms with Crippen molar-refractivity contribution in [2.75, 3.05) is 25.5 Å². The predicted molar refractivity (Wildman–Crippen MR) is 165 cm³/mol. The van der Waals surface area contributed by atoms with E-state index in [2.05, 4.69) is 26.8 Å². The fourth-order valence-electron chi connectivity index (χ4n) is 5.11. The molecule has 1 amide bonds. The summed E-state index contributed by atoms with van der Waals surface area (Å²) < 4.78 is 18.0. The van der Waals surface area contributed by atoms with Crippen LogP contribution in [0.3, 0.4) is 0 Å². The lowest BCUT2D eigenvalue weighted by Gasteiger charge is -2.31. The fourth-order valence-corrected chi connectivity index (χ4v) is 5.11. The van der Waals surface area contributed by atoms with Gasteiger partial charge in [0.05, 0.1) is 23.9 Å². The van der Waals surface area contributed by atoms with Crippen molar-refractivity contribution in [1.29, 1.82) is 0 Å². The summed E-state index contributed by atoms with van der Waals surface area (Å²) in [6.07, 6.45) is 4.13. The van der Waals surface area contributed by atoms with Crippen LogP contribution in [-0.4, -0.2) is 57.2 Å². The quantitative estimate of drug-likeness (QED) is 0.235. The third kappa shape index (κ3) is 7.03. The normalized spacial score (nSPS) is 13.9. The molecule has 0 bridgehead atoms. The molecule has 2 N–H and O–H groups in total. The van der Waals surface area contributed by atoms with Gasteiger partial charge in [0.25, 0.3) is 0 Å². The number of likely N-dealkylation sites (tertiary alicyclic amines) is 1. The zero-order chi connectivity index (χ0) is 30.6. The van der Waals surface area contributed by atoms with E-state index in [1.165, 1.54) is 12.4 Å². The topological polar surface area (TPSA) is 119 Å². The number of nitrogens with one attached hydrogen (secondary N) is 1. The van der Waals surface area contributed by atoms with Gasteiger partial charge in [-0.1, -0.05) is 12.6 Å². The Bertz CT molecular complexity index is 1630. The van der Waals surface area contributed by atoms with Crippen molar-refractivity contribution < 1.29 is 24.1 Å². The Morgan fingerprint density at radius 1 is 1.14 bits per heavy atom. The summed E-state index contributed by atoms with van der Waals surface area (Å²) in [5.74, 6) is 2.22. The lowest BCUT2D eigenvalue weighted by Crippen LogP contribution is -2.41. The molecule has 4 aromatic rings. The highest BCUT2D eigenvalue weighted by atomic mass is 16.5. The number of hydrogen-bond acceptors (Lipinski definition) is 9. The van der Waals surface area contributed by atoms with Crippen molar-refractivity contribution >= 4 is 28.3 Å². The van der Waals surface area contributed by atoms with Crippen LogP contribution in [0.15, 0.2) is 67.5 Å². The Hall–Kier alpha value is -4.70. The highest BCUT2D eigenvalue weighted by Crippen LogP contribution is 2.38. The molecule has 1 fully saturated rings. The van der Waals surface area contributed by atoms with Crippen LogP contribution in [0.4, 0.5) is 11.5 Å². The van der Waals surface area contributed by atoms with Crippen LogP contribution < -0.4 is 19.5 Å². The van der Waals surface area contributed by atoms with E-state index in [4.69, 9.17) is 14.2 Å². The second kappa shape index (κ2) is 12.7. The molecule has 2 aromatic carbocycles. The van der Waals surface area contributed by atoms with Gasteiger partial charge in [-0.2, -0.15) is 0 Å². The third-order valence-corrected chi connectivity index (χ3v) is 7.38. The van der Waals surface area contributed by atoms with Crippen LogP contribution in [0.1, 0.15) is 43.6 Å². The first kappa shape index (κ1) is 29.8. The van der Waals surface area contributed by atoms with Gasteiger partial charge < -0.3 is 29.5 Å². The summed E-state index contributed by atoms with van der Waals surface area (Å²) >= 11 is 0.